The summed E-state index contributed by atoms with van der Waals surface area (Å²) in [6, 6.07) is 22.1. The molecule has 0 spiro atoms. The third-order valence-corrected chi connectivity index (χ3v) is 6.54. The zero-order valence-corrected chi connectivity index (χ0v) is 20.3. The first-order valence-corrected chi connectivity index (χ1v) is 11.6. The first-order valence-electron chi connectivity index (χ1n) is 10.5. The molecule has 4 aromatic rings. The minimum atomic E-state index is -0.292. The SMILES string of the molecule is CC1=C(C(=O)Nc2ccc(C)cc2C)[C@@H](c2cccc(I)c2)n2c(nc3ccccc32)N1. The molecule has 0 aliphatic carbocycles. The summed E-state index contributed by atoms with van der Waals surface area (Å²) in [5, 5.41) is 6.52. The van der Waals surface area contributed by atoms with E-state index in [0.29, 0.717) is 5.57 Å². The van der Waals surface area contributed by atoms with E-state index in [-0.39, 0.29) is 11.9 Å². The van der Waals surface area contributed by atoms with Crippen LogP contribution in [0.2, 0.25) is 0 Å². The van der Waals surface area contributed by atoms with Crippen LogP contribution in [0.1, 0.15) is 29.7 Å². The van der Waals surface area contributed by atoms with Crippen molar-refractivity contribution in [3.63, 3.8) is 0 Å². The fraction of sp³-hybridized carbons (Fsp3) is 0.154. The van der Waals surface area contributed by atoms with E-state index >= 15 is 0 Å². The van der Waals surface area contributed by atoms with Gasteiger partial charge in [0.25, 0.3) is 5.91 Å². The van der Waals surface area contributed by atoms with E-state index in [9.17, 15) is 4.79 Å². The molecule has 0 saturated heterocycles. The van der Waals surface area contributed by atoms with Crippen LogP contribution < -0.4 is 10.6 Å². The predicted molar refractivity (Wildman–Crippen MR) is 138 cm³/mol. The van der Waals surface area contributed by atoms with Crippen molar-refractivity contribution in [1.29, 1.82) is 0 Å². The third-order valence-electron chi connectivity index (χ3n) is 5.87. The number of para-hydroxylation sites is 2. The average molecular weight is 534 g/mol. The normalized spacial score (nSPS) is 15.4. The van der Waals surface area contributed by atoms with E-state index in [1.807, 2.05) is 50.2 Å². The van der Waals surface area contributed by atoms with E-state index in [0.717, 1.165) is 43.1 Å². The molecule has 6 heteroatoms. The van der Waals surface area contributed by atoms with Gasteiger partial charge in [0.15, 0.2) is 0 Å². The molecule has 5 rings (SSSR count). The molecule has 0 radical (unpaired) electrons. The first kappa shape index (κ1) is 20.8. The van der Waals surface area contributed by atoms with Gasteiger partial charge in [0.2, 0.25) is 5.95 Å². The summed E-state index contributed by atoms with van der Waals surface area (Å²) in [6.45, 7) is 6.01. The van der Waals surface area contributed by atoms with Gasteiger partial charge in [0.1, 0.15) is 0 Å². The molecule has 0 unspecified atom stereocenters. The van der Waals surface area contributed by atoms with Crippen LogP contribution in [0.25, 0.3) is 11.0 Å². The minimum absolute atomic E-state index is 0.116. The molecule has 1 aliphatic rings. The smallest absolute Gasteiger partial charge is 0.255 e. The average Bonchev–Trinajstić information content (AvgIpc) is 3.12. The molecule has 2 heterocycles. The Balaban J connectivity index is 1.67. The number of anilines is 2. The highest BCUT2D eigenvalue weighted by Crippen LogP contribution is 2.39. The van der Waals surface area contributed by atoms with Gasteiger partial charge < -0.3 is 10.6 Å². The number of carbonyl (C=O) groups is 1. The van der Waals surface area contributed by atoms with Crippen molar-refractivity contribution in [2.45, 2.75) is 26.8 Å². The molecule has 3 aromatic carbocycles. The number of aryl methyl sites for hydroxylation is 2. The molecule has 1 atom stereocenters. The van der Waals surface area contributed by atoms with Crippen LogP contribution in [0.4, 0.5) is 11.6 Å². The highest BCUT2D eigenvalue weighted by Gasteiger charge is 2.34. The van der Waals surface area contributed by atoms with Gasteiger partial charge in [0, 0.05) is 15.0 Å². The van der Waals surface area contributed by atoms with Crippen molar-refractivity contribution in [2.75, 3.05) is 10.6 Å². The van der Waals surface area contributed by atoms with Gasteiger partial charge in [-0.25, -0.2) is 4.98 Å². The second kappa shape index (κ2) is 8.09. The molecular formula is C26H23IN4O. The van der Waals surface area contributed by atoms with Crippen molar-refractivity contribution in [1.82, 2.24) is 9.55 Å². The van der Waals surface area contributed by atoms with E-state index < -0.39 is 0 Å². The van der Waals surface area contributed by atoms with Crippen molar-refractivity contribution in [2.24, 2.45) is 0 Å². The molecular weight excluding hydrogens is 511 g/mol. The maximum atomic E-state index is 13.7. The fourth-order valence-corrected chi connectivity index (χ4v) is 4.96. The Morgan fingerprint density at radius 1 is 1.03 bits per heavy atom. The number of amides is 1. The largest absolute Gasteiger partial charge is 0.329 e. The number of carbonyl (C=O) groups excluding carboxylic acids is 1. The van der Waals surface area contributed by atoms with Gasteiger partial charge in [-0.1, -0.05) is 42.0 Å². The quantitative estimate of drug-likeness (QED) is 0.309. The van der Waals surface area contributed by atoms with Crippen LogP contribution in [0.3, 0.4) is 0 Å². The summed E-state index contributed by atoms with van der Waals surface area (Å²) in [6.07, 6.45) is 0. The van der Waals surface area contributed by atoms with Crippen LogP contribution in [0, 0.1) is 17.4 Å². The lowest BCUT2D eigenvalue weighted by Crippen LogP contribution is -2.31. The lowest BCUT2D eigenvalue weighted by Gasteiger charge is -2.31. The molecule has 2 N–H and O–H groups in total. The van der Waals surface area contributed by atoms with Crippen LogP contribution in [-0.2, 0) is 4.79 Å². The number of nitrogens with one attached hydrogen (secondary N) is 2. The van der Waals surface area contributed by atoms with E-state index in [1.165, 1.54) is 5.56 Å². The highest BCUT2D eigenvalue weighted by molar-refractivity contribution is 14.1. The Kier molecular flexibility index (Phi) is 5.25. The summed E-state index contributed by atoms with van der Waals surface area (Å²) in [4.78, 5) is 18.5. The first-order chi connectivity index (χ1) is 15.4. The molecule has 0 saturated carbocycles. The van der Waals surface area contributed by atoms with Crippen molar-refractivity contribution < 1.29 is 4.79 Å². The number of nitrogens with zero attached hydrogens (tertiary/aromatic N) is 2. The number of allylic oxidation sites excluding steroid dienone is 1. The zero-order chi connectivity index (χ0) is 22.4. The second-order valence-corrected chi connectivity index (χ2v) is 9.43. The van der Waals surface area contributed by atoms with E-state index in [4.69, 9.17) is 4.98 Å². The standard InChI is InChI=1S/C26H23IN4O/c1-15-11-12-20(16(2)13-15)29-25(32)23-17(3)28-26-30-21-9-4-5-10-22(21)31(26)24(23)18-7-6-8-19(27)14-18/h4-14,24H,1-3H3,(H,28,30)(H,29,32)/t24-/m1/s1. The predicted octanol–water partition coefficient (Wildman–Crippen LogP) is 6.19. The number of fused-ring (bicyclic) bond motifs is 3. The Hall–Kier alpha value is -3.13. The van der Waals surface area contributed by atoms with E-state index in [1.54, 1.807) is 0 Å². The number of rotatable bonds is 3. The molecule has 1 aliphatic heterocycles. The Morgan fingerprint density at radius 2 is 1.84 bits per heavy atom. The Morgan fingerprint density at radius 3 is 2.62 bits per heavy atom. The maximum absolute atomic E-state index is 13.7. The van der Waals surface area contributed by atoms with Crippen LogP contribution in [0.5, 0.6) is 0 Å². The zero-order valence-electron chi connectivity index (χ0n) is 18.1. The molecule has 1 amide bonds. The topological polar surface area (TPSA) is 59.0 Å². The molecule has 5 nitrogen and oxygen atoms in total. The number of aromatic nitrogens is 2. The monoisotopic (exact) mass is 534 g/mol. The molecule has 1 aromatic heterocycles. The number of halogens is 1. The van der Waals surface area contributed by atoms with Crippen molar-refractivity contribution in [3.05, 3.63) is 98.3 Å². The maximum Gasteiger partial charge on any atom is 0.255 e. The number of benzene rings is 3. The minimum Gasteiger partial charge on any atom is -0.329 e. The van der Waals surface area contributed by atoms with Crippen LogP contribution in [0.15, 0.2) is 78.0 Å². The summed E-state index contributed by atoms with van der Waals surface area (Å²) in [5.41, 5.74) is 7.46. The van der Waals surface area contributed by atoms with Crippen LogP contribution in [-0.4, -0.2) is 15.5 Å². The van der Waals surface area contributed by atoms with Crippen LogP contribution >= 0.6 is 22.6 Å². The molecule has 0 fully saturated rings. The van der Waals surface area contributed by atoms with Gasteiger partial charge in [-0.05, 0) is 84.8 Å². The van der Waals surface area contributed by atoms with Gasteiger partial charge >= 0.3 is 0 Å². The number of hydrogen-bond acceptors (Lipinski definition) is 3. The van der Waals surface area contributed by atoms with Crippen molar-refractivity contribution >= 4 is 51.2 Å². The highest BCUT2D eigenvalue weighted by atomic mass is 127. The molecule has 0 bridgehead atoms. The summed E-state index contributed by atoms with van der Waals surface area (Å²) >= 11 is 2.32. The van der Waals surface area contributed by atoms with Crippen molar-refractivity contribution in [3.8, 4) is 0 Å². The Bertz CT molecular complexity index is 1400. The number of hydrogen-bond donors (Lipinski definition) is 2. The lowest BCUT2D eigenvalue weighted by molar-refractivity contribution is -0.113. The fourth-order valence-electron chi connectivity index (χ4n) is 4.39. The van der Waals surface area contributed by atoms with Gasteiger partial charge in [-0.3, -0.25) is 9.36 Å². The summed E-state index contributed by atoms with van der Waals surface area (Å²) in [7, 11) is 0. The molecule has 32 heavy (non-hydrogen) atoms. The summed E-state index contributed by atoms with van der Waals surface area (Å²) < 4.78 is 3.25. The summed E-state index contributed by atoms with van der Waals surface area (Å²) in [5.74, 6) is 0.630. The number of imidazole rings is 1. The third kappa shape index (κ3) is 3.58. The van der Waals surface area contributed by atoms with E-state index in [2.05, 4.69) is 75.0 Å². The Labute approximate surface area is 200 Å². The van der Waals surface area contributed by atoms with Gasteiger partial charge in [-0.15, -0.1) is 0 Å². The molecule has 160 valence electrons. The second-order valence-electron chi connectivity index (χ2n) is 8.19. The van der Waals surface area contributed by atoms with Gasteiger partial charge in [0.05, 0.1) is 22.6 Å². The van der Waals surface area contributed by atoms with Gasteiger partial charge in [-0.2, -0.15) is 0 Å². The lowest BCUT2D eigenvalue weighted by atomic mass is 9.94.